The van der Waals surface area contributed by atoms with Gasteiger partial charge in [-0.05, 0) is 59.7 Å². The lowest BCUT2D eigenvalue weighted by Gasteiger charge is -2.07. The minimum atomic E-state index is 0.126. The number of benzene rings is 4. The van der Waals surface area contributed by atoms with Gasteiger partial charge >= 0.3 is 0 Å². The molecule has 0 atom stereocenters. The van der Waals surface area contributed by atoms with Crippen molar-refractivity contribution in [2.75, 3.05) is 0 Å². The van der Waals surface area contributed by atoms with Crippen molar-refractivity contribution in [1.29, 1.82) is 0 Å². The fourth-order valence-corrected chi connectivity index (χ4v) is 2.98. The van der Waals surface area contributed by atoms with Crippen LogP contribution in [0.5, 0.6) is 11.5 Å². The fourth-order valence-electron chi connectivity index (χ4n) is 2.98. The van der Waals surface area contributed by atoms with E-state index < -0.39 is 0 Å². The maximum absolute atomic E-state index is 10.4. The first-order valence-corrected chi connectivity index (χ1v) is 9.54. The van der Waals surface area contributed by atoms with Gasteiger partial charge in [-0.2, -0.15) is 0 Å². The van der Waals surface area contributed by atoms with Crippen LogP contribution in [0.4, 0.5) is 11.4 Å². The molecule has 0 spiro atoms. The van der Waals surface area contributed by atoms with E-state index in [-0.39, 0.29) is 11.5 Å². The zero-order valence-electron chi connectivity index (χ0n) is 16.2. The second-order valence-electron chi connectivity index (χ2n) is 6.73. The summed E-state index contributed by atoms with van der Waals surface area (Å²) in [7, 11) is 0. The third-order valence-electron chi connectivity index (χ3n) is 4.61. The van der Waals surface area contributed by atoms with E-state index in [1.807, 2.05) is 72.8 Å². The Bertz CT molecular complexity index is 1100. The number of rotatable bonds is 5. The van der Waals surface area contributed by atoms with Crippen molar-refractivity contribution in [1.82, 2.24) is 0 Å². The van der Waals surface area contributed by atoms with Crippen LogP contribution in [0.25, 0.3) is 11.1 Å². The van der Waals surface area contributed by atoms with Gasteiger partial charge in [0.15, 0.2) is 0 Å². The lowest BCUT2D eigenvalue weighted by atomic mass is 10.0. The molecule has 4 nitrogen and oxygen atoms in total. The average molecular weight is 392 g/mol. The van der Waals surface area contributed by atoms with E-state index in [0.29, 0.717) is 11.1 Å². The monoisotopic (exact) mass is 392 g/mol. The maximum Gasteiger partial charge on any atom is 0.124 e. The lowest BCUT2D eigenvalue weighted by molar-refractivity contribution is 0.473. The van der Waals surface area contributed by atoms with E-state index >= 15 is 0 Å². The summed E-state index contributed by atoms with van der Waals surface area (Å²) >= 11 is 0. The molecule has 0 unspecified atom stereocenters. The van der Waals surface area contributed by atoms with Crippen LogP contribution in [-0.4, -0.2) is 22.6 Å². The fraction of sp³-hybridized carbons (Fsp3) is 0. The lowest BCUT2D eigenvalue weighted by Crippen LogP contribution is -1.87. The van der Waals surface area contributed by atoms with Crippen molar-refractivity contribution in [3.63, 3.8) is 0 Å². The predicted octanol–water partition coefficient (Wildman–Crippen LogP) is 6.27. The molecule has 0 saturated heterocycles. The SMILES string of the molecule is Oc1cc(-c2ccc(C=Nc3ccccc3)c(O)c2)ccc1C=Nc1ccccc1. The first kappa shape index (κ1) is 19.2. The summed E-state index contributed by atoms with van der Waals surface area (Å²) in [5.41, 5.74) is 4.48. The number of aliphatic imine (C=N–C) groups is 2. The van der Waals surface area contributed by atoms with Crippen LogP contribution in [0.3, 0.4) is 0 Å². The van der Waals surface area contributed by atoms with Crippen LogP contribution in [-0.2, 0) is 0 Å². The van der Waals surface area contributed by atoms with Gasteiger partial charge in [-0.15, -0.1) is 0 Å². The van der Waals surface area contributed by atoms with Crippen LogP contribution in [0.15, 0.2) is 107 Å². The highest BCUT2D eigenvalue weighted by Crippen LogP contribution is 2.30. The molecule has 4 rings (SSSR count). The normalized spacial score (nSPS) is 11.3. The van der Waals surface area contributed by atoms with E-state index in [2.05, 4.69) is 9.98 Å². The van der Waals surface area contributed by atoms with E-state index in [9.17, 15) is 10.2 Å². The molecule has 0 aliphatic rings. The van der Waals surface area contributed by atoms with E-state index in [1.165, 1.54) is 0 Å². The summed E-state index contributed by atoms with van der Waals surface area (Å²) in [6, 6.07) is 29.8. The van der Waals surface area contributed by atoms with Gasteiger partial charge in [0.25, 0.3) is 0 Å². The quantitative estimate of drug-likeness (QED) is 0.393. The number of aromatic hydroxyl groups is 2. The van der Waals surface area contributed by atoms with Gasteiger partial charge in [0.2, 0.25) is 0 Å². The minimum Gasteiger partial charge on any atom is -0.507 e. The second kappa shape index (κ2) is 8.88. The first-order chi connectivity index (χ1) is 14.7. The van der Waals surface area contributed by atoms with Crippen molar-refractivity contribution in [3.05, 3.63) is 108 Å². The highest BCUT2D eigenvalue weighted by Gasteiger charge is 2.06. The Balaban J connectivity index is 1.54. The molecule has 2 N–H and O–H groups in total. The molecule has 4 aromatic carbocycles. The predicted molar refractivity (Wildman–Crippen MR) is 123 cm³/mol. The van der Waals surface area contributed by atoms with Gasteiger partial charge in [0.05, 0.1) is 11.4 Å². The van der Waals surface area contributed by atoms with Crippen molar-refractivity contribution in [2.24, 2.45) is 9.98 Å². The summed E-state index contributed by atoms with van der Waals surface area (Å²) in [4.78, 5) is 8.74. The summed E-state index contributed by atoms with van der Waals surface area (Å²) in [6.07, 6.45) is 3.27. The molecule has 4 aromatic rings. The maximum atomic E-state index is 10.4. The van der Waals surface area contributed by atoms with Crippen LogP contribution in [0.1, 0.15) is 11.1 Å². The molecule has 4 heteroatoms. The standard InChI is InChI=1S/C26H20N2O2/c29-25-15-19(11-13-21(25)17-27-23-7-3-1-4-8-23)20-12-14-22(26(30)16-20)18-28-24-9-5-2-6-10-24/h1-18,29-30H. The smallest absolute Gasteiger partial charge is 0.124 e. The third kappa shape index (κ3) is 4.62. The zero-order chi connectivity index (χ0) is 20.8. The Labute approximate surface area is 175 Å². The molecule has 0 fully saturated rings. The Hall–Kier alpha value is -4.18. The van der Waals surface area contributed by atoms with Crippen LogP contribution < -0.4 is 0 Å². The highest BCUT2D eigenvalue weighted by atomic mass is 16.3. The number of phenolic OH excluding ortho intramolecular Hbond substituents is 2. The number of phenols is 2. The average Bonchev–Trinajstić information content (AvgIpc) is 2.79. The van der Waals surface area contributed by atoms with Gasteiger partial charge in [-0.3, -0.25) is 9.98 Å². The molecule has 0 radical (unpaired) electrons. The summed E-state index contributed by atoms with van der Waals surface area (Å²) in [5.74, 6) is 0.253. The molecule has 146 valence electrons. The van der Waals surface area contributed by atoms with Gasteiger partial charge in [0, 0.05) is 23.6 Å². The molecule has 0 bridgehead atoms. The van der Waals surface area contributed by atoms with Crippen LogP contribution in [0, 0.1) is 0 Å². The molecule has 0 aromatic heterocycles. The highest BCUT2D eigenvalue weighted by molar-refractivity contribution is 5.88. The van der Waals surface area contributed by atoms with Gasteiger partial charge in [-0.25, -0.2) is 0 Å². The van der Waals surface area contributed by atoms with Gasteiger partial charge < -0.3 is 10.2 Å². The van der Waals surface area contributed by atoms with Crippen LogP contribution in [0.2, 0.25) is 0 Å². The Morgan fingerprint density at radius 1 is 0.500 bits per heavy atom. The molecule has 0 aliphatic heterocycles. The van der Waals surface area contributed by atoms with Crippen molar-refractivity contribution < 1.29 is 10.2 Å². The number of nitrogens with zero attached hydrogens (tertiary/aromatic N) is 2. The van der Waals surface area contributed by atoms with E-state index in [4.69, 9.17) is 0 Å². The molecule has 0 saturated carbocycles. The van der Waals surface area contributed by atoms with Crippen molar-refractivity contribution >= 4 is 23.8 Å². The summed E-state index contributed by atoms with van der Waals surface area (Å²) < 4.78 is 0. The Kier molecular flexibility index (Phi) is 5.67. The second-order valence-corrected chi connectivity index (χ2v) is 6.73. The first-order valence-electron chi connectivity index (χ1n) is 9.54. The van der Waals surface area contributed by atoms with Crippen molar-refractivity contribution in [2.45, 2.75) is 0 Å². The van der Waals surface area contributed by atoms with Gasteiger partial charge in [0.1, 0.15) is 11.5 Å². The molecular formula is C26H20N2O2. The van der Waals surface area contributed by atoms with Gasteiger partial charge in [-0.1, -0.05) is 48.5 Å². The molecule has 0 amide bonds. The van der Waals surface area contributed by atoms with E-state index in [1.54, 1.807) is 36.7 Å². The third-order valence-corrected chi connectivity index (χ3v) is 4.61. The topological polar surface area (TPSA) is 65.2 Å². The van der Waals surface area contributed by atoms with Crippen LogP contribution >= 0.6 is 0 Å². The number of hydrogen-bond acceptors (Lipinski definition) is 4. The number of hydrogen-bond donors (Lipinski definition) is 2. The molecular weight excluding hydrogens is 372 g/mol. The molecule has 0 heterocycles. The largest absolute Gasteiger partial charge is 0.507 e. The zero-order valence-corrected chi connectivity index (χ0v) is 16.2. The Morgan fingerprint density at radius 3 is 1.27 bits per heavy atom. The minimum absolute atomic E-state index is 0.126. The summed E-state index contributed by atoms with van der Waals surface area (Å²) in [6.45, 7) is 0. The Morgan fingerprint density at radius 2 is 0.900 bits per heavy atom. The molecule has 30 heavy (non-hydrogen) atoms. The van der Waals surface area contributed by atoms with Crippen molar-refractivity contribution in [3.8, 4) is 22.6 Å². The molecule has 0 aliphatic carbocycles. The summed E-state index contributed by atoms with van der Waals surface area (Å²) in [5, 5.41) is 20.8. The van der Waals surface area contributed by atoms with E-state index in [0.717, 1.165) is 22.5 Å². The number of para-hydroxylation sites is 2.